The summed E-state index contributed by atoms with van der Waals surface area (Å²) in [5.41, 5.74) is 1.07. The Bertz CT molecular complexity index is 291. The number of hydrogen-bond acceptors (Lipinski definition) is 3. The van der Waals surface area contributed by atoms with E-state index in [0.29, 0.717) is 0 Å². The Morgan fingerprint density at radius 1 is 1.43 bits per heavy atom. The zero-order chi connectivity index (χ0) is 10.4. The van der Waals surface area contributed by atoms with Crippen LogP contribution in [-0.2, 0) is 6.54 Å². The topological polar surface area (TPSA) is 33.3 Å². The first-order chi connectivity index (χ1) is 6.77. The monoisotopic (exact) mass is 214 g/mol. The van der Waals surface area contributed by atoms with E-state index in [1.54, 1.807) is 7.11 Å². The highest BCUT2D eigenvalue weighted by Gasteiger charge is 2.02. The van der Waals surface area contributed by atoms with Crippen molar-refractivity contribution < 1.29 is 4.74 Å². The molecule has 0 atom stereocenters. The molecule has 0 aromatic heterocycles. The molecule has 0 fully saturated rings. The lowest BCUT2D eigenvalue weighted by Crippen LogP contribution is -2.25. The quantitative estimate of drug-likeness (QED) is 0.577. The minimum atomic E-state index is 0.729. The van der Waals surface area contributed by atoms with Crippen LogP contribution in [0.25, 0.3) is 0 Å². The zero-order valence-corrected chi connectivity index (χ0v) is 9.19. The highest BCUT2D eigenvalue weighted by Crippen LogP contribution is 2.22. The van der Waals surface area contributed by atoms with Gasteiger partial charge in [-0.2, -0.15) is 0 Å². The average Bonchev–Trinajstić information content (AvgIpc) is 2.19. The lowest BCUT2D eigenvalue weighted by atomic mass is 10.2. The van der Waals surface area contributed by atoms with E-state index in [2.05, 4.69) is 10.6 Å². The normalized spacial score (nSPS) is 10.2. The van der Waals surface area contributed by atoms with Gasteiger partial charge in [-0.05, 0) is 25.2 Å². The van der Waals surface area contributed by atoms with Gasteiger partial charge in [0.1, 0.15) is 5.75 Å². The van der Waals surface area contributed by atoms with Gasteiger partial charge in [0, 0.05) is 23.8 Å². The van der Waals surface area contributed by atoms with Gasteiger partial charge in [0.25, 0.3) is 0 Å². The van der Waals surface area contributed by atoms with Crippen molar-refractivity contribution in [2.75, 3.05) is 20.8 Å². The van der Waals surface area contributed by atoms with Gasteiger partial charge in [0.2, 0.25) is 0 Å². The number of methoxy groups -OCH3 is 1. The number of rotatable bonds is 5. The molecule has 1 aromatic rings. The Labute approximate surface area is 89.4 Å². The van der Waals surface area contributed by atoms with Gasteiger partial charge in [-0.3, -0.25) is 0 Å². The maximum absolute atomic E-state index is 5.89. The smallest absolute Gasteiger partial charge is 0.123 e. The van der Waals surface area contributed by atoms with Crippen LogP contribution in [0, 0.1) is 0 Å². The van der Waals surface area contributed by atoms with Gasteiger partial charge < -0.3 is 15.4 Å². The minimum Gasteiger partial charge on any atom is -0.496 e. The van der Waals surface area contributed by atoms with Crippen molar-refractivity contribution in [3.05, 3.63) is 28.8 Å². The molecular formula is C10H15ClN2O. The number of halogens is 1. The fourth-order valence-corrected chi connectivity index (χ4v) is 1.40. The molecule has 0 radical (unpaired) electrons. The van der Waals surface area contributed by atoms with Crippen LogP contribution in [0.1, 0.15) is 5.56 Å². The summed E-state index contributed by atoms with van der Waals surface area (Å²) in [6.07, 6.45) is 0. The van der Waals surface area contributed by atoms with Crippen molar-refractivity contribution >= 4 is 11.6 Å². The third-order valence-corrected chi connectivity index (χ3v) is 2.09. The Morgan fingerprint density at radius 2 is 2.21 bits per heavy atom. The van der Waals surface area contributed by atoms with Gasteiger partial charge in [-0.1, -0.05) is 11.6 Å². The molecule has 0 aliphatic carbocycles. The molecule has 1 rings (SSSR count). The summed E-state index contributed by atoms with van der Waals surface area (Å²) in [4.78, 5) is 0. The van der Waals surface area contributed by atoms with Crippen molar-refractivity contribution in [3.8, 4) is 5.75 Å². The van der Waals surface area contributed by atoms with Crippen molar-refractivity contribution in [2.45, 2.75) is 6.54 Å². The van der Waals surface area contributed by atoms with Gasteiger partial charge >= 0.3 is 0 Å². The Balaban J connectivity index is 2.67. The van der Waals surface area contributed by atoms with Crippen LogP contribution in [0.15, 0.2) is 18.2 Å². The first-order valence-corrected chi connectivity index (χ1v) is 4.83. The first kappa shape index (κ1) is 11.3. The molecule has 0 spiro atoms. The lowest BCUT2D eigenvalue weighted by molar-refractivity contribution is 0.407. The molecule has 0 amide bonds. The van der Waals surface area contributed by atoms with Crippen molar-refractivity contribution in [1.29, 1.82) is 0 Å². The zero-order valence-electron chi connectivity index (χ0n) is 8.43. The van der Waals surface area contributed by atoms with E-state index in [1.807, 2.05) is 25.2 Å². The molecule has 14 heavy (non-hydrogen) atoms. The third kappa shape index (κ3) is 3.18. The number of benzene rings is 1. The second-order valence-corrected chi connectivity index (χ2v) is 3.35. The molecule has 78 valence electrons. The number of nitrogens with one attached hydrogen (secondary N) is 2. The molecule has 0 saturated carbocycles. The predicted molar refractivity (Wildman–Crippen MR) is 58.8 cm³/mol. The van der Waals surface area contributed by atoms with Crippen molar-refractivity contribution in [1.82, 2.24) is 10.6 Å². The van der Waals surface area contributed by atoms with E-state index < -0.39 is 0 Å². The van der Waals surface area contributed by atoms with Crippen LogP contribution in [0.5, 0.6) is 5.75 Å². The highest BCUT2D eigenvalue weighted by molar-refractivity contribution is 6.30. The predicted octanol–water partition coefficient (Wildman–Crippen LogP) is 1.62. The fraction of sp³-hybridized carbons (Fsp3) is 0.400. The van der Waals surface area contributed by atoms with Crippen LogP contribution in [-0.4, -0.2) is 20.8 Å². The van der Waals surface area contributed by atoms with Crippen LogP contribution < -0.4 is 15.4 Å². The van der Waals surface area contributed by atoms with E-state index in [4.69, 9.17) is 16.3 Å². The summed E-state index contributed by atoms with van der Waals surface area (Å²) in [5.74, 6) is 0.859. The van der Waals surface area contributed by atoms with E-state index in [-0.39, 0.29) is 0 Å². The van der Waals surface area contributed by atoms with E-state index in [1.165, 1.54) is 0 Å². The summed E-state index contributed by atoms with van der Waals surface area (Å²) in [5, 5.41) is 6.94. The van der Waals surface area contributed by atoms with E-state index >= 15 is 0 Å². The Kier molecular flexibility index (Phi) is 4.73. The molecule has 4 heteroatoms. The second kappa shape index (κ2) is 5.86. The highest BCUT2D eigenvalue weighted by atomic mass is 35.5. The fourth-order valence-electron chi connectivity index (χ4n) is 1.21. The number of ether oxygens (including phenoxy) is 1. The van der Waals surface area contributed by atoms with Gasteiger partial charge in [0.05, 0.1) is 7.11 Å². The Hall–Kier alpha value is -0.770. The summed E-state index contributed by atoms with van der Waals surface area (Å²) in [6.45, 7) is 1.50. The average molecular weight is 215 g/mol. The van der Waals surface area contributed by atoms with E-state index in [0.717, 1.165) is 29.5 Å². The summed E-state index contributed by atoms with van der Waals surface area (Å²) < 4.78 is 5.21. The molecule has 0 bridgehead atoms. The molecule has 3 nitrogen and oxygen atoms in total. The number of hydrogen-bond donors (Lipinski definition) is 2. The molecule has 1 aromatic carbocycles. The summed E-state index contributed by atoms with van der Waals surface area (Å²) >= 11 is 5.89. The van der Waals surface area contributed by atoms with Crippen LogP contribution in [0.4, 0.5) is 0 Å². The molecule has 0 heterocycles. The lowest BCUT2D eigenvalue weighted by Gasteiger charge is -2.09. The van der Waals surface area contributed by atoms with Crippen LogP contribution in [0.3, 0.4) is 0 Å². The largest absolute Gasteiger partial charge is 0.496 e. The SMILES string of the molecule is CNCNCc1cc(Cl)ccc1OC. The minimum absolute atomic E-state index is 0.729. The molecule has 0 unspecified atom stereocenters. The second-order valence-electron chi connectivity index (χ2n) is 2.91. The molecule has 2 N–H and O–H groups in total. The van der Waals surface area contributed by atoms with Gasteiger partial charge in [-0.15, -0.1) is 0 Å². The third-order valence-electron chi connectivity index (χ3n) is 1.86. The van der Waals surface area contributed by atoms with E-state index in [9.17, 15) is 0 Å². The maximum Gasteiger partial charge on any atom is 0.123 e. The molecule has 0 saturated heterocycles. The van der Waals surface area contributed by atoms with Crippen LogP contribution in [0.2, 0.25) is 5.02 Å². The molecular weight excluding hydrogens is 200 g/mol. The molecule has 0 aliphatic heterocycles. The van der Waals surface area contributed by atoms with Crippen LogP contribution >= 0.6 is 11.6 Å². The van der Waals surface area contributed by atoms with Gasteiger partial charge in [-0.25, -0.2) is 0 Å². The summed E-state index contributed by atoms with van der Waals surface area (Å²) in [7, 11) is 3.55. The Morgan fingerprint density at radius 3 is 2.86 bits per heavy atom. The van der Waals surface area contributed by atoms with Gasteiger partial charge in [0.15, 0.2) is 0 Å². The summed E-state index contributed by atoms with van der Waals surface area (Å²) in [6, 6.07) is 5.60. The van der Waals surface area contributed by atoms with Crippen molar-refractivity contribution in [2.24, 2.45) is 0 Å². The first-order valence-electron chi connectivity index (χ1n) is 4.45. The maximum atomic E-state index is 5.89. The standard InChI is InChI=1S/C10H15ClN2O/c1-12-7-13-6-8-5-9(11)3-4-10(8)14-2/h3-5,12-13H,6-7H2,1-2H3. The van der Waals surface area contributed by atoms with Crippen molar-refractivity contribution in [3.63, 3.8) is 0 Å². The molecule has 0 aliphatic rings.